The summed E-state index contributed by atoms with van der Waals surface area (Å²) >= 11 is 6.07. The minimum atomic E-state index is -0.920. The van der Waals surface area contributed by atoms with Gasteiger partial charge in [-0.3, -0.25) is 24.8 Å². The van der Waals surface area contributed by atoms with Crippen LogP contribution in [-0.4, -0.2) is 23.6 Å². The number of fused-ring (bicyclic) bond motifs is 1. The van der Waals surface area contributed by atoms with Gasteiger partial charge in [0.1, 0.15) is 5.70 Å². The molecule has 0 saturated carbocycles. The third-order valence-electron chi connectivity index (χ3n) is 4.65. The van der Waals surface area contributed by atoms with Crippen molar-refractivity contribution in [3.05, 3.63) is 70.4 Å². The topological polar surface area (TPSA) is 69.7 Å². The second-order valence-electron chi connectivity index (χ2n) is 6.52. The summed E-state index contributed by atoms with van der Waals surface area (Å²) in [6.45, 7) is 3.29. The molecule has 27 heavy (non-hydrogen) atoms. The quantitative estimate of drug-likeness (QED) is 0.828. The second-order valence-corrected chi connectivity index (χ2v) is 6.96. The summed E-state index contributed by atoms with van der Waals surface area (Å²) in [5, 5.41) is 2.01. The zero-order valence-electron chi connectivity index (χ0n) is 14.7. The summed E-state index contributed by atoms with van der Waals surface area (Å²) in [7, 11) is 0. The number of hydrogen-bond donors (Lipinski definition) is 1. The number of hydrogen-bond acceptors (Lipinski definition) is 5. The Labute approximate surface area is 161 Å². The van der Waals surface area contributed by atoms with Gasteiger partial charge in [0.2, 0.25) is 0 Å². The van der Waals surface area contributed by atoms with Gasteiger partial charge < -0.3 is 0 Å². The number of halogens is 1. The second kappa shape index (κ2) is 6.25. The molecule has 0 aromatic heterocycles. The third kappa shape index (κ3) is 2.69. The van der Waals surface area contributed by atoms with Gasteiger partial charge in [-0.25, -0.2) is 4.90 Å². The number of nitrogens with one attached hydrogen (secondary N) is 1. The highest BCUT2D eigenvalue weighted by atomic mass is 35.5. The normalized spacial score (nSPS) is 18.9. The van der Waals surface area contributed by atoms with Gasteiger partial charge in [-0.15, -0.1) is 0 Å². The molecule has 1 atom stereocenters. The Bertz CT molecular complexity index is 1010. The van der Waals surface area contributed by atoms with Crippen LogP contribution in [0, 0.1) is 6.92 Å². The highest BCUT2D eigenvalue weighted by molar-refractivity contribution is 6.34. The Kier molecular flexibility index (Phi) is 4.00. The lowest BCUT2D eigenvalue weighted by molar-refractivity contribution is -0.121. The highest BCUT2D eigenvalue weighted by Crippen LogP contribution is 2.37. The van der Waals surface area contributed by atoms with Crippen molar-refractivity contribution in [2.45, 2.75) is 19.9 Å². The number of amides is 2. The number of benzene rings is 2. The zero-order valence-corrected chi connectivity index (χ0v) is 15.4. The Balaban J connectivity index is 1.82. The maximum Gasteiger partial charge on any atom is 0.266 e. The minimum Gasteiger partial charge on any atom is -0.293 e. The van der Waals surface area contributed by atoms with Crippen molar-refractivity contribution < 1.29 is 14.4 Å². The Morgan fingerprint density at radius 3 is 2.41 bits per heavy atom. The summed E-state index contributed by atoms with van der Waals surface area (Å²) < 4.78 is 0. The van der Waals surface area contributed by atoms with Gasteiger partial charge in [-0.05, 0) is 37.3 Å². The largest absolute Gasteiger partial charge is 0.293 e. The molecule has 1 fully saturated rings. The number of ketones is 1. The van der Waals surface area contributed by atoms with Crippen molar-refractivity contribution in [1.82, 2.24) is 5.43 Å². The van der Waals surface area contributed by atoms with Crippen LogP contribution >= 0.6 is 11.6 Å². The van der Waals surface area contributed by atoms with Gasteiger partial charge in [0.15, 0.2) is 11.8 Å². The van der Waals surface area contributed by atoms with E-state index in [2.05, 4.69) is 5.43 Å². The first-order chi connectivity index (χ1) is 12.9. The molecule has 2 aromatic carbocycles. The molecule has 1 saturated heterocycles. The average molecular weight is 382 g/mol. The van der Waals surface area contributed by atoms with E-state index in [0.29, 0.717) is 16.4 Å². The van der Waals surface area contributed by atoms with Crippen molar-refractivity contribution >= 4 is 40.6 Å². The van der Waals surface area contributed by atoms with Crippen molar-refractivity contribution in [2.24, 2.45) is 0 Å². The van der Waals surface area contributed by atoms with Crippen LogP contribution in [0.2, 0.25) is 5.02 Å². The lowest BCUT2D eigenvalue weighted by Gasteiger charge is -2.26. The van der Waals surface area contributed by atoms with Crippen LogP contribution in [0.25, 0.3) is 0 Å². The number of hydrazine groups is 1. The molecule has 136 valence electrons. The molecule has 2 aromatic rings. The Morgan fingerprint density at radius 1 is 1.07 bits per heavy atom. The van der Waals surface area contributed by atoms with Crippen LogP contribution in [0.1, 0.15) is 12.5 Å². The van der Waals surface area contributed by atoms with E-state index in [1.54, 1.807) is 36.4 Å². The van der Waals surface area contributed by atoms with Gasteiger partial charge in [0, 0.05) is 11.9 Å². The summed E-state index contributed by atoms with van der Waals surface area (Å²) in [6, 6.07) is 13.1. The van der Waals surface area contributed by atoms with Crippen LogP contribution in [0.15, 0.2) is 59.8 Å². The number of carbonyl (C=O) groups excluding carboxylic acids is 3. The first-order valence-electron chi connectivity index (χ1n) is 8.40. The fraction of sp³-hybridized carbons (Fsp3) is 0.150. The van der Waals surface area contributed by atoms with Crippen molar-refractivity contribution in [2.75, 3.05) is 9.91 Å². The fourth-order valence-electron chi connectivity index (χ4n) is 3.36. The molecule has 2 aliphatic heterocycles. The molecular weight excluding hydrogens is 366 g/mol. The number of imide groups is 1. The number of Topliss-reactive ketones (excluding diaryl/α,β-unsaturated/α-hetero) is 1. The minimum absolute atomic E-state index is 0.132. The van der Waals surface area contributed by atoms with Gasteiger partial charge >= 0.3 is 0 Å². The van der Waals surface area contributed by atoms with E-state index in [-0.39, 0.29) is 17.1 Å². The van der Waals surface area contributed by atoms with Crippen LogP contribution in [0.5, 0.6) is 0 Å². The summed E-state index contributed by atoms with van der Waals surface area (Å²) in [6.07, 6.45) is 0. The van der Waals surface area contributed by atoms with Crippen molar-refractivity contribution in [3.63, 3.8) is 0 Å². The number of anilines is 2. The third-order valence-corrected chi connectivity index (χ3v) is 4.89. The van der Waals surface area contributed by atoms with E-state index < -0.39 is 17.9 Å². The summed E-state index contributed by atoms with van der Waals surface area (Å²) in [5.74, 6) is -1.22. The predicted octanol–water partition coefficient (Wildman–Crippen LogP) is 2.76. The van der Waals surface area contributed by atoms with Crippen molar-refractivity contribution in [3.8, 4) is 0 Å². The molecule has 1 N–H and O–H groups in total. The molecule has 0 radical (unpaired) electrons. The van der Waals surface area contributed by atoms with Crippen LogP contribution in [-0.2, 0) is 14.4 Å². The first-order valence-corrected chi connectivity index (χ1v) is 8.78. The van der Waals surface area contributed by atoms with E-state index >= 15 is 0 Å². The number of nitrogens with zero attached hydrogens (tertiary/aromatic N) is 2. The number of carbonyl (C=O) groups is 3. The molecule has 0 unspecified atom stereocenters. The van der Waals surface area contributed by atoms with E-state index in [1.165, 1.54) is 11.9 Å². The average Bonchev–Trinajstić information content (AvgIpc) is 3.14. The van der Waals surface area contributed by atoms with Crippen LogP contribution in [0.4, 0.5) is 11.4 Å². The lowest BCUT2D eigenvalue weighted by Crippen LogP contribution is -2.46. The van der Waals surface area contributed by atoms with Crippen molar-refractivity contribution in [1.29, 1.82) is 0 Å². The molecule has 6 nitrogen and oxygen atoms in total. The van der Waals surface area contributed by atoms with Gasteiger partial charge in [-0.1, -0.05) is 35.4 Å². The number of rotatable bonds is 3. The molecule has 0 aliphatic carbocycles. The zero-order chi connectivity index (χ0) is 19.3. The lowest BCUT2D eigenvalue weighted by atomic mass is 10.1. The maximum absolute atomic E-state index is 13.2. The van der Waals surface area contributed by atoms with Gasteiger partial charge in [-0.2, -0.15) is 0 Å². The maximum atomic E-state index is 13.2. The molecule has 4 rings (SSSR count). The molecule has 2 aliphatic rings. The molecule has 0 bridgehead atoms. The predicted molar refractivity (Wildman–Crippen MR) is 102 cm³/mol. The van der Waals surface area contributed by atoms with Crippen LogP contribution in [0.3, 0.4) is 0 Å². The Morgan fingerprint density at radius 2 is 1.78 bits per heavy atom. The number of allylic oxidation sites excluding steroid dienone is 1. The molecule has 2 amide bonds. The summed E-state index contributed by atoms with van der Waals surface area (Å²) in [5.41, 5.74) is 5.29. The smallest absolute Gasteiger partial charge is 0.266 e. The number of aryl methyl sites for hydroxylation is 1. The standard InChI is InChI=1S/C20H16ClN3O3/c1-11-6-8-14(9-7-11)23-19(26)16-17(12(2)25)22-24(18(16)20(23)27)15-5-3-4-13(21)10-15/h3-10,18,22H,1-2H3/t18-/m1/s1. The first kappa shape index (κ1) is 17.3. The SMILES string of the molecule is CC(=O)C1=C2C(=O)N(c3ccc(C)cc3)C(=O)[C@@H]2N(c2cccc(Cl)c2)N1. The fourth-order valence-corrected chi connectivity index (χ4v) is 3.54. The van der Waals surface area contributed by atoms with E-state index in [0.717, 1.165) is 10.5 Å². The molecule has 7 heteroatoms. The Hall–Kier alpha value is -3.12. The highest BCUT2D eigenvalue weighted by Gasteiger charge is 2.53. The van der Waals surface area contributed by atoms with E-state index in [4.69, 9.17) is 11.6 Å². The monoisotopic (exact) mass is 381 g/mol. The molecule has 2 heterocycles. The van der Waals surface area contributed by atoms with Gasteiger partial charge in [0.25, 0.3) is 11.8 Å². The van der Waals surface area contributed by atoms with E-state index in [9.17, 15) is 14.4 Å². The molecular formula is C20H16ClN3O3. The van der Waals surface area contributed by atoms with Crippen LogP contribution < -0.4 is 15.3 Å². The van der Waals surface area contributed by atoms with E-state index in [1.807, 2.05) is 19.1 Å². The molecule has 0 spiro atoms. The van der Waals surface area contributed by atoms with Gasteiger partial charge in [0.05, 0.1) is 16.9 Å². The summed E-state index contributed by atoms with van der Waals surface area (Å²) in [4.78, 5) is 39.5.